The first-order chi connectivity index (χ1) is 16.4. The van der Waals surface area contributed by atoms with Crippen LogP contribution in [0.4, 0.5) is 14.5 Å². The summed E-state index contributed by atoms with van der Waals surface area (Å²) in [6, 6.07) is 8.64. The van der Waals surface area contributed by atoms with Gasteiger partial charge in [0.1, 0.15) is 17.2 Å². The predicted molar refractivity (Wildman–Crippen MR) is 125 cm³/mol. The summed E-state index contributed by atoms with van der Waals surface area (Å²) >= 11 is 6.01. The molecule has 4 aromatic rings. The zero-order chi connectivity index (χ0) is 24.7. The van der Waals surface area contributed by atoms with Gasteiger partial charge in [0.2, 0.25) is 0 Å². The average molecular weight is 488 g/mol. The summed E-state index contributed by atoms with van der Waals surface area (Å²) in [6.07, 6.45) is 5.22. The highest BCUT2D eigenvalue weighted by Crippen LogP contribution is 2.39. The van der Waals surface area contributed by atoms with Gasteiger partial charge >= 0.3 is 0 Å². The lowest BCUT2D eigenvalue weighted by atomic mass is 10.2. The Bertz CT molecular complexity index is 1300. The number of pyridine rings is 2. The smallest absolute Gasteiger partial charge is 0.198 e. The van der Waals surface area contributed by atoms with Gasteiger partial charge < -0.3 is 19.5 Å². The van der Waals surface area contributed by atoms with E-state index in [1.54, 1.807) is 31.4 Å². The highest BCUT2D eigenvalue weighted by Gasteiger charge is 2.17. The summed E-state index contributed by atoms with van der Waals surface area (Å²) in [6.45, 7) is 0. The molecule has 0 aliphatic heterocycles. The van der Waals surface area contributed by atoms with E-state index in [2.05, 4.69) is 15.3 Å². The molecule has 0 amide bonds. The minimum absolute atomic E-state index is 0.212. The first-order valence-corrected chi connectivity index (χ1v) is 10.2. The van der Waals surface area contributed by atoms with E-state index < -0.39 is 17.4 Å². The summed E-state index contributed by atoms with van der Waals surface area (Å²) in [5.74, 6) is -0.977. The number of nitrogens with one attached hydrogen (secondary N) is 1. The van der Waals surface area contributed by atoms with Gasteiger partial charge in [0, 0.05) is 48.5 Å². The van der Waals surface area contributed by atoms with Crippen LogP contribution < -0.4 is 19.5 Å². The number of ether oxygens (including phenoxy) is 3. The summed E-state index contributed by atoms with van der Waals surface area (Å²) in [4.78, 5) is 18.2. The number of nitrogens with zero attached hydrogens (tertiary/aromatic N) is 2. The van der Waals surface area contributed by atoms with Crippen molar-refractivity contribution in [2.45, 2.75) is 0 Å². The van der Waals surface area contributed by atoms with Gasteiger partial charge in [-0.05, 0) is 24.3 Å². The number of hydrogen-bond acceptors (Lipinski definition) is 7. The van der Waals surface area contributed by atoms with E-state index in [1.165, 1.54) is 32.7 Å². The van der Waals surface area contributed by atoms with Crippen LogP contribution in [0.5, 0.6) is 23.0 Å². The average Bonchev–Trinajstić information content (AvgIpc) is 2.85. The van der Waals surface area contributed by atoms with Gasteiger partial charge in [-0.2, -0.15) is 0 Å². The summed E-state index contributed by atoms with van der Waals surface area (Å²) in [7, 11) is 4.55. The molecule has 4 rings (SSSR count). The molecule has 0 radical (unpaired) electrons. The van der Waals surface area contributed by atoms with Gasteiger partial charge in [0.15, 0.2) is 23.7 Å². The fourth-order valence-corrected chi connectivity index (χ4v) is 3.21. The number of carbonyl (C=O) groups excluding carboxylic acids is 1. The monoisotopic (exact) mass is 487 g/mol. The second kappa shape index (κ2) is 11.2. The number of rotatable bonds is 6. The van der Waals surface area contributed by atoms with Crippen molar-refractivity contribution >= 4 is 34.5 Å². The van der Waals surface area contributed by atoms with Crippen LogP contribution in [0.2, 0.25) is 5.02 Å². The van der Waals surface area contributed by atoms with Crippen LogP contribution in [-0.4, -0.2) is 37.5 Å². The number of carbonyl (C=O) groups is 1. The third kappa shape index (κ3) is 5.49. The molecule has 0 aliphatic carbocycles. The molecule has 2 aromatic heterocycles. The van der Waals surface area contributed by atoms with Gasteiger partial charge in [0.05, 0.1) is 30.7 Å². The number of benzene rings is 2. The van der Waals surface area contributed by atoms with Crippen molar-refractivity contribution in [1.82, 2.24) is 9.97 Å². The van der Waals surface area contributed by atoms with Crippen LogP contribution in [0, 0.1) is 11.6 Å². The fourth-order valence-electron chi connectivity index (χ4n) is 3.01. The number of anilines is 1. The number of halogens is 3. The van der Waals surface area contributed by atoms with Crippen LogP contribution in [0.3, 0.4) is 0 Å². The van der Waals surface area contributed by atoms with E-state index in [0.717, 1.165) is 12.1 Å². The first kappa shape index (κ1) is 24.7. The molecule has 0 aliphatic rings. The normalized spacial score (nSPS) is 10.2. The second-order valence-electron chi connectivity index (χ2n) is 6.67. The largest absolute Gasteiger partial charge is 0.496 e. The van der Waals surface area contributed by atoms with Crippen molar-refractivity contribution < 1.29 is 27.8 Å². The quantitative estimate of drug-likeness (QED) is 0.338. The Balaban J connectivity index is 0.000000271. The summed E-state index contributed by atoms with van der Waals surface area (Å²) in [5.41, 5.74) is 1.27. The van der Waals surface area contributed by atoms with Crippen LogP contribution in [0.1, 0.15) is 10.4 Å². The van der Waals surface area contributed by atoms with Crippen molar-refractivity contribution in [3.8, 4) is 23.0 Å². The molecule has 2 aromatic carbocycles. The molecular formula is C24H20ClF2N3O4. The molecule has 0 saturated heterocycles. The first-order valence-electron chi connectivity index (χ1n) is 9.81. The SMILES string of the molecule is CNc1cc(F)c(Oc2ccnc3cc(Cl)cc(OC)c23)c(F)c1.COc1ccncc1C=O. The lowest BCUT2D eigenvalue weighted by Crippen LogP contribution is -1.98. The number of methoxy groups -OCH3 is 2. The topological polar surface area (TPSA) is 82.6 Å². The van der Waals surface area contributed by atoms with E-state index in [1.807, 2.05) is 0 Å². The molecule has 0 unspecified atom stereocenters. The van der Waals surface area contributed by atoms with Crippen molar-refractivity contribution in [3.05, 3.63) is 77.2 Å². The second-order valence-corrected chi connectivity index (χ2v) is 7.10. The Morgan fingerprint density at radius 3 is 2.24 bits per heavy atom. The highest BCUT2D eigenvalue weighted by molar-refractivity contribution is 6.31. The van der Waals surface area contributed by atoms with E-state index in [0.29, 0.717) is 45.0 Å². The van der Waals surface area contributed by atoms with E-state index in [4.69, 9.17) is 25.8 Å². The van der Waals surface area contributed by atoms with Crippen molar-refractivity contribution in [1.29, 1.82) is 0 Å². The minimum Gasteiger partial charge on any atom is -0.496 e. The number of aldehydes is 1. The lowest BCUT2D eigenvalue weighted by molar-refractivity contribution is 0.112. The maximum absolute atomic E-state index is 14.2. The summed E-state index contributed by atoms with van der Waals surface area (Å²) < 4.78 is 44.0. The number of fused-ring (bicyclic) bond motifs is 1. The number of hydrogen-bond donors (Lipinski definition) is 1. The third-order valence-corrected chi connectivity index (χ3v) is 4.83. The van der Waals surface area contributed by atoms with Gasteiger partial charge in [0.25, 0.3) is 0 Å². The Morgan fingerprint density at radius 1 is 0.971 bits per heavy atom. The zero-order valence-electron chi connectivity index (χ0n) is 18.4. The highest BCUT2D eigenvalue weighted by atomic mass is 35.5. The zero-order valence-corrected chi connectivity index (χ0v) is 19.2. The summed E-state index contributed by atoms with van der Waals surface area (Å²) in [5, 5.41) is 3.58. The van der Waals surface area contributed by atoms with Crippen molar-refractivity contribution in [2.24, 2.45) is 0 Å². The molecule has 0 fully saturated rings. The molecular weight excluding hydrogens is 468 g/mol. The molecule has 1 N–H and O–H groups in total. The van der Waals surface area contributed by atoms with E-state index >= 15 is 0 Å². The fraction of sp³-hybridized carbons (Fsp3) is 0.125. The standard InChI is InChI=1S/C17H13ClF2N2O2.C7H7NO2/c1-21-10-7-11(19)17(12(20)8-10)24-14-3-4-22-13-5-9(18)6-15(23-2)16(13)14;1-10-7-2-3-8-4-6(7)5-9/h3-8,21H,1-2H3;2-5H,1H3. The Kier molecular flexibility index (Phi) is 8.15. The van der Waals surface area contributed by atoms with E-state index in [9.17, 15) is 13.6 Å². The van der Waals surface area contributed by atoms with Gasteiger partial charge in [-0.15, -0.1) is 0 Å². The third-order valence-electron chi connectivity index (χ3n) is 4.61. The molecule has 0 spiro atoms. The molecule has 0 bridgehead atoms. The van der Waals surface area contributed by atoms with Crippen LogP contribution in [0.15, 0.2) is 55.0 Å². The Morgan fingerprint density at radius 2 is 1.65 bits per heavy atom. The predicted octanol–water partition coefficient (Wildman–Crippen LogP) is 5.91. The molecule has 0 atom stereocenters. The van der Waals surface area contributed by atoms with Crippen molar-refractivity contribution in [3.63, 3.8) is 0 Å². The minimum atomic E-state index is -0.822. The maximum atomic E-state index is 14.2. The molecule has 10 heteroatoms. The van der Waals surface area contributed by atoms with Crippen LogP contribution >= 0.6 is 11.6 Å². The number of aromatic nitrogens is 2. The van der Waals surface area contributed by atoms with Gasteiger partial charge in [-0.3, -0.25) is 14.8 Å². The van der Waals surface area contributed by atoms with E-state index in [-0.39, 0.29) is 5.75 Å². The van der Waals surface area contributed by atoms with Crippen molar-refractivity contribution in [2.75, 3.05) is 26.6 Å². The maximum Gasteiger partial charge on any atom is 0.198 e. The molecule has 7 nitrogen and oxygen atoms in total. The molecule has 34 heavy (non-hydrogen) atoms. The molecule has 176 valence electrons. The molecule has 0 saturated carbocycles. The van der Waals surface area contributed by atoms with Gasteiger partial charge in [-0.1, -0.05) is 11.6 Å². The molecule has 2 heterocycles. The Hall–Kier alpha value is -3.98. The van der Waals surface area contributed by atoms with Crippen LogP contribution in [-0.2, 0) is 0 Å². The Labute approximate surface area is 199 Å². The van der Waals surface area contributed by atoms with Gasteiger partial charge in [-0.25, -0.2) is 8.78 Å². The lowest BCUT2D eigenvalue weighted by Gasteiger charge is -2.13. The van der Waals surface area contributed by atoms with Crippen LogP contribution in [0.25, 0.3) is 10.9 Å².